The van der Waals surface area contributed by atoms with Gasteiger partial charge in [0, 0.05) is 6.54 Å². The molecule has 0 unspecified atom stereocenters. The summed E-state index contributed by atoms with van der Waals surface area (Å²) in [5.41, 5.74) is 0.133. The fourth-order valence-corrected chi connectivity index (χ4v) is 2.53. The Morgan fingerprint density at radius 2 is 2.19 bits per heavy atom. The summed E-state index contributed by atoms with van der Waals surface area (Å²) in [6.45, 7) is 4.64. The average molecular weight is 315 g/mol. The minimum absolute atomic E-state index is 0.125. The molecule has 1 aliphatic rings. The molecule has 1 amide bonds. The second-order valence-corrected chi connectivity index (χ2v) is 6.11. The fraction of sp³-hybridized carbons (Fsp3) is 0.533. The molecule has 0 atom stereocenters. The standard InChI is InChI=1S/C15H20ClFN2O2/c1-15(4-6-18-7-5-15)10-19-14(20)9-21-13-3-2-11(17)8-12(13)16/h2-3,8,18H,4-7,9-10H2,1H3,(H,19,20). The van der Waals surface area contributed by atoms with Crippen LogP contribution in [0.1, 0.15) is 19.8 Å². The third-order valence-corrected chi connectivity index (χ3v) is 4.07. The van der Waals surface area contributed by atoms with E-state index in [4.69, 9.17) is 16.3 Å². The molecule has 0 bridgehead atoms. The van der Waals surface area contributed by atoms with Crippen molar-refractivity contribution in [1.82, 2.24) is 10.6 Å². The summed E-state index contributed by atoms with van der Waals surface area (Å²) in [5, 5.41) is 6.35. The van der Waals surface area contributed by atoms with Crippen molar-refractivity contribution in [3.8, 4) is 5.75 Å². The van der Waals surface area contributed by atoms with Gasteiger partial charge in [0.1, 0.15) is 11.6 Å². The van der Waals surface area contributed by atoms with Crippen LogP contribution >= 0.6 is 11.6 Å². The number of hydrogen-bond acceptors (Lipinski definition) is 3. The zero-order valence-corrected chi connectivity index (χ0v) is 12.8. The molecule has 0 aliphatic carbocycles. The van der Waals surface area contributed by atoms with Gasteiger partial charge in [-0.15, -0.1) is 0 Å². The Balaban J connectivity index is 1.77. The molecular weight excluding hydrogens is 295 g/mol. The van der Waals surface area contributed by atoms with Gasteiger partial charge >= 0.3 is 0 Å². The van der Waals surface area contributed by atoms with E-state index in [0.717, 1.165) is 32.0 Å². The first-order valence-electron chi connectivity index (χ1n) is 7.04. The minimum atomic E-state index is -0.435. The molecule has 1 aliphatic heterocycles. The zero-order chi connectivity index (χ0) is 15.3. The summed E-state index contributed by atoms with van der Waals surface area (Å²) in [4.78, 5) is 11.8. The van der Waals surface area contributed by atoms with Crippen molar-refractivity contribution in [3.05, 3.63) is 29.0 Å². The first-order valence-corrected chi connectivity index (χ1v) is 7.42. The number of rotatable bonds is 5. The Hall–Kier alpha value is -1.33. The number of ether oxygens (including phenoxy) is 1. The average Bonchev–Trinajstić information content (AvgIpc) is 2.45. The van der Waals surface area contributed by atoms with Gasteiger partial charge in [-0.2, -0.15) is 0 Å². The second kappa shape index (κ2) is 7.09. The van der Waals surface area contributed by atoms with Gasteiger partial charge in [-0.3, -0.25) is 4.79 Å². The van der Waals surface area contributed by atoms with Crippen LogP contribution in [0.2, 0.25) is 5.02 Å². The lowest BCUT2D eigenvalue weighted by atomic mass is 9.81. The van der Waals surface area contributed by atoms with Gasteiger partial charge in [-0.1, -0.05) is 18.5 Å². The minimum Gasteiger partial charge on any atom is -0.482 e. The molecule has 0 aromatic heterocycles. The molecular formula is C15H20ClFN2O2. The highest BCUT2D eigenvalue weighted by Crippen LogP contribution is 2.27. The molecule has 2 N–H and O–H groups in total. The number of carbonyl (C=O) groups is 1. The van der Waals surface area contributed by atoms with E-state index in [-0.39, 0.29) is 23.0 Å². The topological polar surface area (TPSA) is 50.4 Å². The predicted molar refractivity (Wildman–Crippen MR) is 80.1 cm³/mol. The van der Waals surface area contributed by atoms with Crippen molar-refractivity contribution in [3.63, 3.8) is 0 Å². The summed E-state index contributed by atoms with van der Waals surface area (Å²) in [5.74, 6) is -0.327. The summed E-state index contributed by atoms with van der Waals surface area (Å²) >= 11 is 5.83. The number of hydrogen-bond donors (Lipinski definition) is 2. The lowest BCUT2D eigenvalue weighted by Gasteiger charge is -2.34. The van der Waals surface area contributed by atoms with Crippen LogP contribution in [0.3, 0.4) is 0 Å². The first kappa shape index (κ1) is 16.0. The van der Waals surface area contributed by atoms with Gasteiger partial charge in [-0.05, 0) is 49.5 Å². The maximum Gasteiger partial charge on any atom is 0.257 e. The summed E-state index contributed by atoms with van der Waals surface area (Å²) in [6, 6.07) is 3.82. The molecule has 116 valence electrons. The first-order chi connectivity index (χ1) is 9.98. The Morgan fingerprint density at radius 1 is 1.48 bits per heavy atom. The van der Waals surface area contributed by atoms with Crippen LogP contribution in [0.25, 0.3) is 0 Å². The molecule has 0 spiro atoms. The highest BCUT2D eigenvalue weighted by atomic mass is 35.5. The van der Waals surface area contributed by atoms with E-state index in [2.05, 4.69) is 17.6 Å². The number of nitrogens with one attached hydrogen (secondary N) is 2. The number of carbonyl (C=O) groups excluding carboxylic acids is 1. The lowest BCUT2D eigenvalue weighted by molar-refractivity contribution is -0.123. The zero-order valence-electron chi connectivity index (χ0n) is 12.0. The van der Waals surface area contributed by atoms with Crippen LogP contribution < -0.4 is 15.4 Å². The molecule has 1 aromatic carbocycles. The highest BCUT2D eigenvalue weighted by molar-refractivity contribution is 6.32. The molecule has 1 saturated heterocycles. The number of amides is 1. The van der Waals surface area contributed by atoms with Crippen LogP contribution in [0.4, 0.5) is 4.39 Å². The molecule has 1 fully saturated rings. The van der Waals surface area contributed by atoms with Crippen molar-refractivity contribution in [2.24, 2.45) is 5.41 Å². The van der Waals surface area contributed by atoms with Crippen LogP contribution in [0, 0.1) is 11.2 Å². The Bertz CT molecular complexity index is 504. The number of benzene rings is 1. The van der Waals surface area contributed by atoms with Crippen LogP contribution in [-0.4, -0.2) is 32.1 Å². The third kappa shape index (κ3) is 4.86. The maximum atomic E-state index is 12.9. The summed E-state index contributed by atoms with van der Waals surface area (Å²) in [6.07, 6.45) is 2.08. The molecule has 4 nitrogen and oxygen atoms in total. The van der Waals surface area contributed by atoms with E-state index in [0.29, 0.717) is 12.3 Å². The van der Waals surface area contributed by atoms with Crippen LogP contribution in [0.15, 0.2) is 18.2 Å². The molecule has 0 saturated carbocycles. The van der Waals surface area contributed by atoms with Gasteiger partial charge in [0.05, 0.1) is 5.02 Å². The van der Waals surface area contributed by atoms with E-state index >= 15 is 0 Å². The van der Waals surface area contributed by atoms with Crippen molar-refractivity contribution in [2.45, 2.75) is 19.8 Å². The van der Waals surface area contributed by atoms with E-state index < -0.39 is 5.82 Å². The van der Waals surface area contributed by atoms with Crippen LogP contribution in [-0.2, 0) is 4.79 Å². The second-order valence-electron chi connectivity index (χ2n) is 5.70. The Labute approximate surface area is 129 Å². The molecule has 0 radical (unpaired) electrons. The molecule has 6 heteroatoms. The Morgan fingerprint density at radius 3 is 2.86 bits per heavy atom. The van der Waals surface area contributed by atoms with Gasteiger partial charge < -0.3 is 15.4 Å². The fourth-order valence-electron chi connectivity index (χ4n) is 2.31. The van der Waals surface area contributed by atoms with E-state index in [1.807, 2.05) is 0 Å². The number of piperidine rings is 1. The third-order valence-electron chi connectivity index (χ3n) is 3.78. The SMILES string of the molecule is CC1(CNC(=O)COc2ccc(F)cc2Cl)CCNCC1. The quantitative estimate of drug-likeness (QED) is 0.877. The van der Waals surface area contributed by atoms with Crippen molar-refractivity contribution < 1.29 is 13.9 Å². The van der Waals surface area contributed by atoms with E-state index in [1.54, 1.807) is 0 Å². The summed E-state index contributed by atoms with van der Waals surface area (Å²) < 4.78 is 18.2. The van der Waals surface area contributed by atoms with Gasteiger partial charge in [0.2, 0.25) is 0 Å². The highest BCUT2D eigenvalue weighted by Gasteiger charge is 2.26. The van der Waals surface area contributed by atoms with Crippen LogP contribution in [0.5, 0.6) is 5.75 Å². The molecule has 2 rings (SSSR count). The van der Waals surface area contributed by atoms with E-state index in [9.17, 15) is 9.18 Å². The summed E-state index contributed by atoms with van der Waals surface area (Å²) in [7, 11) is 0. The van der Waals surface area contributed by atoms with Gasteiger partial charge in [-0.25, -0.2) is 4.39 Å². The Kier molecular flexibility index (Phi) is 5.42. The molecule has 1 aromatic rings. The molecule has 1 heterocycles. The van der Waals surface area contributed by atoms with Gasteiger partial charge in [0.25, 0.3) is 5.91 Å². The molecule has 21 heavy (non-hydrogen) atoms. The van der Waals surface area contributed by atoms with Crippen molar-refractivity contribution in [2.75, 3.05) is 26.2 Å². The monoisotopic (exact) mass is 314 g/mol. The normalized spacial score (nSPS) is 17.3. The predicted octanol–water partition coefficient (Wildman–Crippen LogP) is 2.36. The largest absolute Gasteiger partial charge is 0.482 e. The smallest absolute Gasteiger partial charge is 0.257 e. The maximum absolute atomic E-state index is 12.9. The van der Waals surface area contributed by atoms with Crippen molar-refractivity contribution in [1.29, 1.82) is 0 Å². The number of halogens is 2. The van der Waals surface area contributed by atoms with Crippen molar-refractivity contribution >= 4 is 17.5 Å². The van der Waals surface area contributed by atoms with E-state index in [1.165, 1.54) is 12.1 Å². The van der Waals surface area contributed by atoms with Gasteiger partial charge in [0.15, 0.2) is 6.61 Å². The lowest BCUT2D eigenvalue weighted by Crippen LogP contribution is -2.43.